The number of piperidine rings is 4. The van der Waals surface area contributed by atoms with Gasteiger partial charge in [-0.2, -0.15) is 0 Å². The predicted octanol–water partition coefficient (Wildman–Crippen LogP) is 9.68. The third-order valence-electron chi connectivity index (χ3n) is 11.4. The van der Waals surface area contributed by atoms with Gasteiger partial charge >= 0.3 is 0 Å². The van der Waals surface area contributed by atoms with E-state index < -0.39 is 12.3 Å². The minimum absolute atomic E-state index is 0.208. The standard InChI is InChI=1S/2C10H20FN.2C10H21N/c1-10(2,3)9-7-8(11)5-6-12(9)4;1-10(2,3)9-6-5-8(11)7-12(9)4;1-10(2,3)9-5-7-11(4)8-6-9;1-10(2,3)9-6-5-7-11(4)8-9/h2*8-9H,5-7H2,1-4H3;2*9H,5-8H2,1-4H3. The normalized spacial score (nSPS) is 30.3. The van der Waals surface area contributed by atoms with Crippen LogP contribution in [0, 0.1) is 33.5 Å². The van der Waals surface area contributed by atoms with Crippen molar-refractivity contribution in [2.75, 3.05) is 67.5 Å². The van der Waals surface area contributed by atoms with Crippen LogP contribution in [0.4, 0.5) is 8.78 Å². The maximum Gasteiger partial charge on any atom is 0.113 e. The first kappa shape index (κ1) is 43.7. The van der Waals surface area contributed by atoms with Crippen molar-refractivity contribution in [2.45, 2.75) is 159 Å². The Morgan fingerprint density at radius 1 is 0.435 bits per heavy atom. The number of rotatable bonds is 0. The lowest BCUT2D eigenvalue weighted by atomic mass is 9.75. The molecule has 4 rings (SSSR count). The van der Waals surface area contributed by atoms with Crippen LogP contribution >= 0.6 is 0 Å². The number of alkyl halides is 2. The molecule has 4 aliphatic heterocycles. The molecule has 46 heavy (non-hydrogen) atoms. The van der Waals surface area contributed by atoms with Crippen LogP contribution in [0.25, 0.3) is 0 Å². The fourth-order valence-corrected chi connectivity index (χ4v) is 7.99. The fraction of sp³-hybridized carbons (Fsp3) is 1.00. The molecule has 0 aromatic rings. The van der Waals surface area contributed by atoms with Crippen molar-refractivity contribution >= 4 is 0 Å². The number of hydrogen-bond acceptors (Lipinski definition) is 4. The highest BCUT2D eigenvalue weighted by molar-refractivity contribution is 4.89. The highest BCUT2D eigenvalue weighted by Gasteiger charge is 2.35. The summed E-state index contributed by atoms with van der Waals surface area (Å²) in [4.78, 5) is 9.34. The van der Waals surface area contributed by atoms with Crippen LogP contribution in [0.15, 0.2) is 0 Å². The van der Waals surface area contributed by atoms with Gasteiger partial charge < -0.3 is 19.6 Å². The van der Waals surface area contributed by atoms with Gasteiger partial charge in [0.15, 0.2) is 0 Å². The number of hydrogen-bond donors (Lipinski definition) is 0. The van der Waals surface area contributed by atoms with Gasteiger partial charge in [-0.1, -0.05) is 83.1 Å². The van der Waals surface area contributed by atoms with E-state index in [1.807, 2.05) is 7.05 Å². The maximum absolute atomic E-state index is 13.1. The van der Waals surface area contributed by atoms with Crippen molar-refractivity contribution in [1.29, 1.82) is 0 Å². The summed E-state index contributed by atoms with van der Waals surface area (Å²) in [5.41, 5.74) is 1.53. The van der Waals surface area contributed by atoms with E-state index >= 15 is 0 Å². The van der Waals surface area contributed by atoms with Gasteiger partial charge in [0.1, 0.15) is 12.3 Å². The molecule has 0 radical (unpaired) electrons. The highest BCUT2D eigenvalue weighted by Crippen LogP contribution is 2.35. The Balaban J connectivity index is 0.000000307. The Bertz CT molecular complexity index is 813. The summed E-state index contributed by atoms with van der Waals surface area (Å²) in [6.07, 6.45) is 7.57. The van der Waals surface area contributed by atoms with Gasteiger partial charge in [0, 0.05) is 31.7 Å². The smallest absolute Gasteiger partial charge is 0.113 e. The first-order valence-electron chi connectivity index (χ1n) is 18.9. The van der Waals surface area contributed by atoms with E-state index in [9.17, 15) is 8.78 Å². The molecule has 6 heteroatoms. The Hall–Kier alpha value is -0.300. The van der Waals surface area contributed by atoms with Gasteiger partial charge in [0.2, 0.25) is 0 Å². The molecule has 0 saturated carbocycles. The molecule has 4 aliphatic rings. The second-order valence-electron chi connectivity index (χ2n) is 19.9. The molecular formula is C40H82F2N4. The summed E-state index contributed by atoms with van der Waals surface area (Å²) >= 11 is 0. The summed E-state index contributed by atoms with van der Waals surface area (Å²) in [5.74, 6) is 1.85. The van der Waals surface area contributed by atoms with Gasteiger partial charge in [-0.3, -0.25) is 0 Å². The Morgan fingerprint density at radius 2 is 0.957 bits per heavy atom. The third-order valence-corrected chi connectivity index (χ3v) is 11.4. The lowest BCUT2D eigenvalue weighted by Gasteiger charge is -2.42. The van der Waals surface area contributed by atoms with E-state index in [2.05, 4.69) is 124 Å². The predicted molar refractivity (Wildman–Crippen MR) is 199 cm³/mol. The zero-order chi connectivity index (χ0) is 35.7. The first-order chi connectivity index (χ1) is 20.8. The van der Waals surface area contributed by atoms with E-state index in [1.54, 1.807) is 0 Å². The van der Waals surface area contributed by atoms with Crippen LogP contribution in [0.1, 0.15) is 134 Å². The Labute approximate surface area is 287 Å². The quantitative estimate of drug-likeness (QED) is 0.257. The molecule has 0 N–H and O–H groups in total. The molecule has 0 aliphatic carbocycles. The number of likely N-dealkylation sites (tertiary alicyclic amines) is 4. The van der Waals surface area contributed by atoms with Gasteiger partial charge in [0.05, 0.1) is 0 Å². The lowest BCUT2D eigenvalue weighted by molar-refractivity contribution is 0.0461. The van der Waals surface area contributed by atoms with Gasteiger partial charge in [-0.25, -0.2) is 8.78 Å². The van der Waals surface area contributed by atoms with Crippen LogP contribution in [0.2, 0.25) is 0 Å². The molecule has 0 aromatic heterocycles. The summed E-state index contributed by atoms with van der Waals surface area (Å²) in [5, 5.41) is 0. The molecule has 4 saturated heterocycles. The van der Waals surface area contributed by atoms with E-state index in [0.29, 0.717) is 42.3 Å². The van der Waals surface area contributed by atoms with Gasteiger partial charge in [0.25, 0.3) is 0 Å². The fourth-order valence-electron chi connectivity index (χ4n) is 7.99. The monoisotopic (exact) mass is 657 g/mol. The summed E-state index contributed by atoms with van der Waals surface area (Å²) in [7, 11) is 8.58. The topological polar surface area (TPSA) is 13.0 Å². The summed E-state index contributed by atoms with van der Waals surface area (Å²) < 4.78 is 26.1. The molecule has 0 amide bonds. The molecule has 5 atom stereocenters. The van der Waals surface area contributed by atoms with Crippen LogP contribution in [0.3, 0.4) is 0 Å². The molecule has 276 valence electrons. The van der Waals surface area contributed by atoms with Crippen LogP contribution in [0.5, 0.6) is 0 Å². The van der Waals surface area contributed by atoms with E-state index in [1.165, 1.54) is 51.9 Å². The molecule has 4 fully saturated rings. The summed E-state index contributed by atoms with van der Waals surface area (Å²) in [6.45, 7) is 34.1. The third kappa shape index (κ3) is 16.4. The van der Waals surface area contributed by atoms with Crippen molar-refractivity contribution in [1.82, 2.24) is 19.6 Å². The van der Waals surface area contributed by atoms with E-state index in [0.717, 1.165) is 31.2 Å². The molecule has 0 aromatic carbocycles. The van der Waals surface area contributed by atoms with E-state index in [4.69, 9.17) is 0 Å². The molecule has 4 heterocycles. The van der Waals surface area contributed by atoms with Crippen molar-refractivity contribution in [3.63, 3.8) is 0 Å². The first-order valence-corrected chi connectivity index (χ1v) is 18.9. The highest BCUT2D eigenvalue weighted by atomic mass is 19.1. The Kier molecular flexibility index (Phi) is 17.7. The van der Waals surface area contributed by atoms with Gasteiger partial charge in [-0.05, 0) is 133 Å². The zero-order valence-corrected chi connectivity index (χ0v) is 33.9. The number of halogens is 2. The molecule has 0 bridgehead atoms. The molecule has 5 unspecified atom stereocenters. The lowest BCUT2D eigenvalue weighted by Crippen LogP contribution is -2.48. The van der Waals surface area contributed by atoms with Crippen molar-refractivity contribution in [2.24, 2.45) is 33.5 Å². The van der Waals surface area contributed by atoms with Crippen LogP contribution < -0.4 is 0 Å². The van der Waals surface area contributed by atoms with E-state index in [-0.39, 0.29) is 10.8 Å². The molecule has 4 nitrogen and oxygen atoms in total. The maximum atomic E-state index is 13.1. The molecular weight excluding hydrogens is 574 g/mol. The average molecular weight is 657 g/mol. The average Bonchev–Trinajstić information content (AvgIpc) is 2.89. The zero-order valence-electron chi connectivity index (χ0n) is 33.9. The van der Waals surface area contributed by atoms with Crippen molar-refractivity contribution in [3.05, 3.63) is 0 Å². The summed E-state index contributed by atoms with van der Waals surface area (Å²) in [6, 6.07) is 0.950. The molecule has 0 spiro atoms. The van der Waals surface area contributed by atoms with Crippen LogP contribution in [-0.2, 0) is 0 Å². The van der Waals surface area contributed by atoms with Crippen molar-refractivity contribution < 1.29 is 8.78 Å². The second kappa shape index (κ2) is 18.6. The minimum atomic E-state index is -0.603. The largest absolute Gasteiger partial charge is 0.306 e. The van der Waals surface area contributed by atoms with Crippen LogP contribution in [-0.4, -0.2) is 111 Å². The second-order valence-corrected chi connectivity index (χ2v) is 19.9. The van der Waals surface area contributed by atoms with Gasteiger partial charge in [-0.15, -0.1) is 0 Å². The SMILES string of the molecule is CN1CC(F)CCC1C(C)(C)C.CN1CCC(C(C)(C)C)CC1.CN1CCC(F)CC1C(C)(C)C.CN1CCCC(C(C)(C)C)C1. The van der Waals surface area contributed by atoms with Crippen molar-refractivity contribution in [3.8, 4) is 0 Å². The minimum Gasteiger partial charge on any atom is -0.306 e. The number of nitrogens with zero attached hydrogens (tertiary/aromatic N) is 4. The Morgan fingerprint density at radius 3 is 1.35 bits per heavy atom.